The molecule has 0 fully saturated rings. The topological polar surface area (TPSA) is 29.9 Å². The lowest BCUT2D eigenvalue weighted by Crippen LogP contribution is -2.23. The molecule has 1 aromatic carbocycles. The van der Waals surface area contributed by atoms with Gasteiger partial charge in [-0.3, -0.25) is 4.68 Å². The fraction of sp³-hybridized carbons (Fsp3) is 0.400. The molecule has 0 saturated carbocycles. The predicted molar refractivity (Wildman–Crippen MR) is 79.7 cm³/mol. The van der Waals surface area contributed by atoms with Crippen LogP contribution in [0.1, 0.15) is 42.8 Å². The Morgan fingerprint density at radius 1 is 1.35 bits per heavy atom. The number of rotatable bonds is 4. The number of nitrogens with one attached hydrogen (secondary N) is 1. The molecule has 0 aliphatic carbocycles. The third-order valence-corrected chi connectivity index (χ3v) is 3.67. The summed E-state index contributed by atoms with van der Waals surface area (Å²) in [5.41, 5.74) is 2.79. The van der Waals surface area contributed by atoms with Crippen molar-refractivity contribution in [2.45, 2.75) is 32.9 Å². The fourth-order valence-electron chi connectivity index (χ4n) is 2.43. The smallest absolute Gasteiger partial charge is 0.123 e. The largest absolute Gasteiger partial charge is 0.308 e. The summed E-state index contributed by atoms with van der Waals surface area (Å²) >= 11 is 6.30. The van der Waals surface area contributed by atoms with E-state index in [-0.39, 0.29) is 17.9 Å². The summed E-state index contributed by atoms with van der Waals surface area (Å²) < 4.78 is 15.2. The number of benzene rings is 1. The SMILES string of the molecule is CNC(c1ccc(F)cc1C)c1c(Cl)cnn1C(C)C. The maximum absolute atomic E-state index is 13.3. The molecule has 0 aliphatic rings. The average molecular weight is 296 g/mol. The van der Waals surface area contributed by atoms with Crippen LogP contribution < -0.4 is 5.32 Å². The van der Waals surface area contributed by atoms with Crippen molar-refractivity contribution in [3.05, 3.63) is 52.1 Å². The number of hydrogen-bond acceptors (Lipinski definition) is 2. The van der Waals surface area contributed by atoms with Crippen LogP contribution in [0.5, 0.6) is 0 Å². The zero-order valence-corrected chi connectivity index (χ0v) is 12.9. The van der Waals surface area contributed by atoms with Crippen LogP contribution in [-0.2, 0) is 0 Å². The maximum Gasteiger partial charge on any atom is 0.123 e. The van der Waals surface area contributed by atoms with Gasteiger partial charge in [0.1, 0.15) is 5.82 Å². The van der Waals surface area contributed by atoms with E-state index in [1.807, 2.05) is 18.7 Å². The zero-order valence-electron chi connectivity index (χ0n) is 12.1. The van der Waals surface area contributed by atoms with E-state index in [1.165, 1.54) is 12.1 Å². The van der Waals surface area contributed by atoms with Crippen LogP contribution in [-0.4, -0.2) is 16.8 Å². The van der Waals surface area contributed by atoms with E-state index in [0.29, 0.717) is 5.02 Å². The molecule has 0 amide bonds. The van der Waals surface area contributed by atoms with Gasteiger partial charge < -0.3 is 5.32 Å². The van der Waals surface area contributed by atoms with Gasteiger partial charge in [0.05, 0.1) is 23.0 Å². The molecule has 1 heterocycles. The first kappa shape index (κ1) is 15.0. The minimum atomic E-state index is -0.232. The van der Waals surface area contributed by atoms with Gasteiger partial charge in [-0.15, -0.1) is 0 Å². The standard InChI is InChI=1S/C15H19ClFN3/c1-9(2)20-15(13(16)8-19-20)14(18-4)12-6-5-11(17)7-10(12)3/h5-9,14,18H,1-4H3. The van der Waals surface area contributed by atoms with Crippen LogP contribution in [0, 0.1) is 12.7 Å². The molecule has 3 nitrogen and oxygen atoms in total. The normalized spacial score (nSPS) is 12.9. The van der Waals surface area contributed by atoms with Crippen LogP contribution in [0.3, 0.4) is 0 Å². The van der Waals surface area contributed by atoms with Gasteiger partial charge >= 0.3 is 0 Å². The number of nitrogens with zero attached hydrogens (tertiary/aromatic N) is 2. The van der Waals surface area contributed by atoms with Gasteiger partial charge in [0.2, 0.25) is 0 Å². The quantitative estimate of drug-likeness (QED) is 0.928. The van der Waals surface area contributed by atoms with Crippen molar-refractivity contribution in [1.29, 1.82) is 0 Å². The number of aryl methyl sites for hydroxylation is 1. The van der Waals surface area contributed by atoms with Crippen LogP contribution in [0.4, 0.5) is 4.39 Å². The molecule has 0 radical (unpaired) electrons. The molecule has 0 bridgehead atoms. The number of halogens is 2. The molecule has 108 valence electrons. The van der Waals surface area contributed by atoms with Crippen LogP contribution in [0.25, 0.3) is 0 Å². The number of aromatic nitrogens is 2. The summed E-state index contributed by atoms with van der Waals surface area (Å²) in [6.07, 6.45) is 1.65. The molecule has 1 aromatic heterocycles. The molecule has 5 heteroatoms. The van der Waals surface area contributed by atoms with Crippen molar-refractivity contribution < 1.29 is 4.39 Å². The molecular weight excluding hydrogens is 277 g/mol. The third kappa shape index (κ3) is 2.72. The van der Waals surface area contributed by atoms with Gasteiger partial charge in [-0.25, -0.2) is 4.39 Å². The Morgan fingerprint density at radius 3 is 2.60 bits per heavy atom. The summed E-state index contributed by atoms with van der Waals surface area (Å²) in [7, 11) is 1.86. The average Bonchev–Trinajstić information content (AvgIpc) is 2.75. The molecular formula is C15H19ClFN3. The van der Waals surface area contributed by atoms with Gasteiger partial charge in [-0.1, -0.05) is 17.7 Å². The van der Waals surface area contributed by atoms with Gasteiger partial charge in [-0.05, 0) is 51.1 Å². The molecule has 1 N–H and O–H groups in total. The monoisotopic (exact) mass is 295 g/mol. The highest BCUT2D eigenvalue weighted by Crippen LogP contribution is 2.31. The summed E-state index contributed by atoms with van der Waals surface area (Å²) in [5, 5.41) is 8.19. The summed E-state index contributed by atoms with van der Waals surface area (Å²) in [6.45, 7) is 6.00. The van der Waals surface area contributed by atoms with E-state index in [9.17, 15) is 4.39 Å². The van der Waals surface area contributed by atoms with Gasteiger partial charge in [-0.2, -0.15) is 5.10 Å². The minimum absolute atomic E-state index is 0.118. The highest BCUT2D eigenvalue weighted by Gasteiger charge is 2.23. The number of hydrogen-bond donors (Lipinski definition) is 1. The first-order chi connectivity index (χ1) is 9.45. The lowest BCUT2D eigenvalue weighted by Gasteiger charge is -2.22. The Hall–Kier alpha value is -1.39. The molecule has 2 aromatic rings. The second-order valence-corrected chi connectivity index (χ2v) is 5.55. The highest BCUT2D eigenvalue weighted by atomic mass is 35.5. The highest BCUT2D eigenvalue weighted by molar-refractivity contribution is 6.31. The first-order valence-electron chi connectivity index (χ1n) is 6.62. The van der Waals surface area contributed by atoms with Crippen molar-refractivity contribution in [3.63, 3.8) is 0 Å². The van der Waals surface area contributed by atoms with E-state index in [1.54, 1.807) is 12.3 Å². The van der Waals surface area contributed by atoms with Crippen molar-refractivity contribution in [1.82, 2.24) is 15.1 Å². The molecule has 20 heavy (non-hydrogen) atoms. The Labute approximate surface area is 123 Å². The van der Waals surface area contributed by atoms with E-state index in [4.69, 9.17) is 11.6 Å². The Bertz CT molecular complexity index is 607. The van der Waals surface area contributed by atoms with E-state index in [2.05, 4.69) is 24.3 Å². The maximum atomic E-state index is 13.3. The Morgan fingerprint density at radius 2 is 2.05 bits per heavy atom. The Kier molecular flexibility index (Phi) is 4.45. The van der Waals surface area contributed by atoms with Crippen molar-refractivity contribution in [2.24, 2.45) is 0 Å². The van der Waals surface area contributed by atoms with E-state index >= 15 is 0 Å². The summed E-state index contributed by atoms with van der Waals surface area (Å²) in [4.78, 5) is 0. The van der Waals surface area contributed by atoms with Crippen molar-refractivity contribution in [2.75, 3.05) is 7.05 Å². The fourth-order valence-corrected chi connectivity index (χ4v) is 2.67. The van der Waals surface area contributed by atoms with E-state index < -0.39 is 0 Å². The minimum Gasteiger partial charge on any atom is -0.308 e. The zero-order chi connectivity index (χ0) is 14.9. The molecule has 0 aliphatic heterocycles. The van der Waals surface area contributed by atoms with Crippen molar-refractivity contribution in [3.8, 4) is 0 Å². The lowest BCUT2D eigenvalue weighted by molar-refractivity contribution is 0.483. The van der Waals surface area contributed by atoms with Crippen molar-refractivity contribution >= 4 is 11.6 Å². The lowest BCUT2D eigenvalue weighted by atomic mass is 9.98. The molecule has 0 spiro atoms. The summed E-state index contributed by atoms with van der Waals surface area (Å²) in [5.74, 6) is -0.232. The molecule has 2 rings (SSSR count). The van der Waals surface area contributed by atoms with Gasteiger partial charge in [0.15, 0.2) is 0 Å². The second-order valence-electron chi connectivity index (χ2n) is 5.14. The van der Waals surface area contributed by atoms with E-state index in [0.717, 1.165) is 16.8 Å². The Balaban J connectivity index is 2.55. The summed E-state index contributed by atoms with van der Waals surface area (Å²) in [6, 6.07) is 4.88. The molecule has 1 unspecified atom stereocenters. The van der Waals surface area contributed by atoms with Crippen LogP contribution in [0.2, 0.25) is 5.02 Å². The molecule has 1 atom stereocenters. The predicted octanol–water partition coefficient (Wildman–Crippen LogP) is 3.87. The van der Waals surface area contributed by atoms with Crippen LogP contribution in [0.15, 0.2) is 24.4 Å². The first-order valence-corrected chi connectivity index (χ1v) is 6.99. The third-order valence-electron chi connectivity index (χ3n) is 3.38. The van der Waals surface area contributed by atoms with Crippen LogP contribution >= 0.6 is 11.6 Å². The molecule has 0 saturated heterocycles. The second kappa shape index (κ2) is 5.94. The van der Waals surface area contributed by atoms with Gasteiger partial charge in [0, 0.05) is 6.04 Å². The van der Waals surface area contributed by atoms with Gasteiger partial charge in [0.25, 0.3) is 0 Å².